The van der Waals surface area contributed by atoms with Gasteiger partial charge in [0, 0.05) is 25.7 Å². The Morgan fingerprint density at radius 3 is 2.93 bits per heavy atom. The summed E-state index contributed by atoms with van der Waals surface area (Å²) in [5.41, 5.74) is 1.95. The summed E-state index contributed by atoms with van der Waals surface area (Å²) in [5.74, 6) is -0.0275. The normalized spacial score (nSPS) is 18.4. The third-order valence-electron chi connectivity index (χ3n) is 4.66. The van der Waals surface area contributed by atoms with Crippen molar-refractivity contribution >= 4 is 60.0 Å². The summed E-state index contributed by atoms with van der Waals surface area (Å²) >= 11 is 4.47. The number of piperidine rings is 1. The average molecular weight is 484 g/mol. The molecule has 0 aliphatic carbocycles. The molecule has 1 amide bonds. The Balaban J connectivity index is 1.48. The van der Waals surface area contributed by atoms with E-state index in [9.17, 15) is 13.2 Å². The molecule has 10 heteroatoms. The number of hydrogen-bond acceptors (Lipinski definition) is 6. The van der Waals surface area contributed by atoms with Gasteiger partial charge in [0.15, 0.2) is 11.5 Å². The van der Waals surface area contributed by atoms with Gasteiger partial charge < -0.3 is 9.73 Å². The van der Waals surface area contributed by atoms with Crippen LogP contribution in [0.15, 0.2) is 42.7 Å². The Bertz CT molecular complexity index is 1140. The lowest BCUT2D eigenvalue weighted by atomic mass is 9.98. The summed E-state index contributed by atoms with van der Waals surface area (Å²) in [4.78, 5) is 17.0. The Morgan fingerprint density at radius 2 is 2.18 bits per heavy atom. The number of oxazole rings is 1. The molecular formula is C18H18BrN3O4S2. The van der Waals surface area contributed by atoms with E-state index in [4.69, 9.17) is 4.42 Å². The smallest absolute Gasteiger partial charge is 0.252 e. The van der Waals surface area contributed by atoms with Gasteiger partial charge in [0.2, 0.25) is 5.91 Å². The van der Waals surface area contributed by atoms with Crippen molar-refractivity contribution in [2.45, 2.75) is 24.0 Å². The van der Waals surface area contributed by atoms with Crippen LogP contribution in [0, 0.1) is 12.8 Å². The predicted octanol–water partition coefficient (Wildman–Crippen LogP) is 4.00. The highest BCUT2D eigenvalue weighted by molar-refractivity contribution is 9.11. The van der Waals surface area contributed by atoms with Crippen LogP contribution in [0.25, 0.3) is 11.1 Å². The molecule has 3 heterocycles. The first-order valence-electron chi connectivity index (χ1n) is 8.76. The number of aromatic nitrogens is 1. The van der Waals surface area contributed by atoms with Gasteiger partial charge in [-0.25, -0.2) is 13.4 Å². The lowest BCUT2D eigenvalue weighted by Gasteiger charge is -2.30. The first kappa shape index (κ1) is 19.6. The van der Waals surface area contributed by atoms with Crippen molar-refractivity contribution < 1.29 is 17.6 Å². The number of rotatable bonds is 4. The highest BCUT2D eigenvalue weighted by Crippen LogP contribution is 2.31. The zero-order chi connectivity index (χ0) is 19.9. The number of sulfonamides is 1. The molecule has 0 bridgehead atoms. The Kier molecular flexibility index (Phi) is 5.30. The monoisotopic (exact) mass is 483 g/mol. The molecule has 1 saturated heterocycles. The van der Waals surface area contributed by atoms with Gasteiger partial charge in [0.25, 0.3) is 10.0 Å². The van der Waals surface area contributed by atoms with Crippen molar-refractivity contribution in [2.75, 3.05) is 18.4 Å². The number of fused-ring (bicyclic) bond motifs is 1. The minimum absolute atomic E-state index is 0.176. The van der Waals surface area contributed by atoms with Gasteiger partial charge in [-0.15, -0.1) is 11.3 Å². The SMILES string of the molecule is Cc1nc2cc(NC(=O)C3CCCN(S(=O)(=O)c4ccc(Br)s4)C3)ccc2o1. The number of benzene rings is 1. The minimum Gasteiger partial charge on any atom is -0.441 e. The fourth-order valence-electron chi connectivity index (χ4n) is 3.30. The van der Waals surface area contributed by atoms with Crippen molar-refractivity contribution in [1.29, 1.82) is 0 Å². The maximum absolute atomic E-state index is 12.8. The van der Waals surface area contributed by atoms with Crippen LogP contribution in [0.3, 0.4) is 0 Å². The molecule has 2 aromatic heterocycles. The summed E-state index contributed by atoms with van der Waals surface area (Å²) in [6.45, 7) is 2.36. The molecule has 1 N–H and O–H groups in total. The number of thiophene rings is 1. The number of nitrogens with zero attached hydrogens (tertiary/aromatic N) is 2. The molecule has 1 unspecified atom stereocenters. The van der Waals surface area contributed by atoms with E-state index in [2.05, 4.69) is 26.2 Å². The summed E-state index contributed by atoms with van der Waals surface area (Å²) in [7, 11) is -3.59. The number of amides is 1. The molecule has 1 fully saturated rings. The number of carbonyl (C=O) groups excluding carboxylic acids is 1. The van der Waals surface area contributed by atoms with E-state index >= 15 is 0 Å². The molecule has 1 atom stereocenters. The van der Waals surface area contributed by atoms with Crippen LogP contribution in [0.4, 0.5) is 5.69 Å². The number of anilines is 1. The molecule has 0 spiro atoms. The Hall–Kier alpha value is -1.75. The van der Waals surface area contributed by atoms with Gasteiger partial charge in [0.1, 0.15) is 9.73 Å². The lowest BCUT2D eigenvalue weighted by Crippen LogP contribution is -2.43. The van der Waals surface area contributed by atoms with Crippen LogP contribution in [-0.2, 0) is 14.8 Å². The fourth-order valence-corrected chi connectivity index (χ4v) is 6.99. The van der Waals surface area contributed by atoms with Crippen LogP contribution >= 0.6 is 27.3 Å². The third-order valence-corrected chi connectivity index (χ3v) is 8.62. The number of aryl methyl sites for hydroxylation is 1. The maximum Gasteiger partial charge on any atom is 0.252 e. The molecule has 28 heavy (non-hydrogen) atoms. The van der Waals surface area contributed by atoms with Gasteiger partial charge in [-0.05, 0) is 59.1 Å². The van der Waals surface area contributed by atoms with E-state index in [1.807, 2.05) is 0 Å². The second kappa shape index (κ2) is 7.58. The highest BCUT2D eigenvalue weighted by atomic mass is 79.9. The van der Waals surface area contributed by atoms with E-state index in [-0.39, 0.29) is 16.7 Å². The van der Waals surface area contributed by atoms with Gasteiger partial charge >= 0.3 is 0 Å². The molecule has 1 aromatic carbocycles. The van der Waals surface area contributed by atoms with Gasteiger partial charge in [-0.1, -0.05) is 0 Å². The molecule has 4 rings (SSSR count). The van der Waals surface area contributed by atoms with E-state index < -0.39 is 15.9 Å². The maximum atomic E-state index is 12.8. The van der Waals surface area contributed by atoms with Crippen molar-refractivity contribution in [3.05, 3.63) is 40.0 Å². The van der Waals surface area contributed by atoms with Crippen LogP contribution in [0.2, 0.25) is 0 Å². The summed E-state index contributed by atoms with van der Waals surface area (Å²) in [6.07, 6.45) is 1.29. The first-order valence-corrected chi connectivity index (χ1v) is 11.8. The first-order chi connectivity index (χ1) is 13.3. The van der Waals surface area contributed by atoms with Gasteiger partial charge in [-0.3, -0.25) is 4.79 Å². The topological polar surface area (TPSA) is 92.5 Å². The van der Waals surface area contributed by atoms with Crippen LogP contribution < -0.4 is 5.32 Å². The molecule has 148 valence electrons. The molecule has 1 aliphatic rings. The zero-order valence-corrected chi connectivity index (χ0v) is 18.2. The molecule has 3 aromatic rings. The number of nitrogens with one attached hydrogen (secondary N) is 1. The second-order valence-electron chi connectivity index (χ2n) is 6.67. The van der Waals surface area contributed by atoms with Crippen molar-refractivity contribution in [3.8, 4) is 0 Å². The summed E-state index contributed by atoms with van der Waals surface area (Å²) in [5, 5.41) is 2.88. The van der Waals surface area contributed by atoms with Crippen LogP contribution in [0.5, 0.6) is 0 Å². The molecular weight excluding hydrogens is 466 g/mol. The van der Waals surface area contributed by atoms with E-state index in [1.54, 1.807) is 37.3 Å². The van der Waals surface area contributed by atoms with Crippen molar-refractivity contribution in [1.82, 2.24) is 9.29 Å². The molecule has 1 aliphatic heterocycles. The Labute approximate surface area is 174 Å². The van der Waals surface area contributed by atoms with E-state index in [0.717, 1.165) is 3.79 Å². The molecule has 0 radical (unpaired) electrons. The van der Waals surface area contributed by atoms with E-state index in [0.29, 0.717) is 42.1 Å². The average Bonchev–Trinajstić information content (AvgIpc) is 3.26. The van der Waals surface area contributed by atoms with Crippen LogP contribution in [0.1, 0.15) is 18.7 Å². The number of halogens is 1. The largest absolute Gasteiger partial charge is 0.441 e. The van der Waals surface area contributed by atoms with Crippen molar-refractivity contribution in [2.24, 2.45) is 5.92 Å². The van der Waals surface area contributed by atoms with Crippen molar-refractivity contribution in [3.63, 3.8) is 0 Å². The van der Waals surface area contributed by atoms with Gasteiger partial charge in [-0.2, -0.15) is 4.31 Å². The highest BCUT2D eigenvalue weighted by Gasteiger charge is 2.34. The van der Waals surface area contributed by atoms with Crippen LogP contribution in [-0.4, -0.2) is 36.7 Å². The summed E-state index contributed by atoms with van der Waals surface area (Å²) < 4.78 is 33.6. The summed E-state index contributed by atoms with van der Waals surface area (Å²) in [6, 6.07) is 8.57. The number of hydrogen-bond donors (Lipinski definition) is 1. The zero-order valence-electron chi connectivity index (χ0n) is 15.0. The quantitative estimate of drug-likeness (QED) is 0.605. The Morgan fingerprint density at radius 1 is 1.36 bits per heavy atom. The van der Waals surface area contributed by atoms with E-state index in [1.165, 1.54) is 15.6 Å². The second-order valence-corrected chi connectivity index (χ2v) is 11.3. The minimum atomic E-state index is -3.59. The molecule has 7 nitrogen and oxygen atoms in total. The number of carbonyl (C=O) groups is 1. The molecule has 0 saturated carbocycles. The lowest BCUT2D eigenvalue weighted by molar-refractivity contribution is -0.120. The third kappa shape index (κ3) is 3.86. The predicted molar refractivity (Wildman–Crippen MR) is 111 cm³/mol. The fraction of sp³-hybridized carbons (Fsp3) is 0.333. The standard InChI is InChI=1S/C18H18BrN3O4S2/c1-11-20-14-9-13(4-5-15(14)26-11)21-18(23)12-3-2-8-22(10-12)28(24,25)17-7-6-16(19)27-17/h4-7,9,12H,2-3,8,10H2,1H3,(H,21,23). The van der Waals surface area contributed by atoms with Gasteiger partial charge in [0.05, 0.1) is 9.70 Å².